The molecule has 0 fully saturated rings. The highest BCUT2D eigenvalue weighted by atomic mass is 19.4. The summed E-state index contributed by atoms with van der Waals surface area (Å²) in [5.74, 6) is -0.927. The Labute approximate surface area is 155 Å². The van der Waals surface area contributed by atoms with Crippen molar-refractivity contribution in [1.82, 2.24) is 9.88 Å². The van der Waals surface area contributed by atoms with E-state index in [1.54, 1.807) is 25.4 Å². The van der Waals surface area contributed by atoms with E-state index in [4.69, 9.17) is 0 Å². The van der Waals surface area contributed by atoms with E-state index in [1.807, 2.05) is 6.07 Å². The van der Waals surface area contributed by atoms with Crippen LogP contribution < -0.4 is 5.32 Å². The van der Waals surface area contributed by atoms with Gasteiger partial charge in [-0.15, -0.1) is 0 Å². The summed E-state index contributed by atoms with van der Waals surface area (Å²) >= 11 is 0. The van der Waals surface area contributed by atoms with Gasteiger partial charge in [-0.3, -0.25) is 14.6 Å². The molecule has 1 aromatic heterocycles. The molecule has 0 spiro atoms. The van der Waals surface area contributed by atoms with Crippen LogP contribution in [0.15, 0.2) is 48.8 Å². The van der Waals surface area contributed by atoms with E-state index >= 15 is 0 Å². The number of anilines is 1. The van der Waals surface area contributed by atoms with Gasteiger partial charge in [-0.1, -0.05) is 18.2 Å². The zero-order valence-corrected chi connectivity index (χ0v) is 14.8. The van der Waals surface area contributed by atoms with Gasteiger partial charge in [0, 0.05) is 25.4 Å². The maximum Gasteiger partial charge on any atom is 0.418 e. The number of nitrogens with one attached hydrogen (secondary N) is 1. The average molecular weight is 379 g/mol. The predicted octanol–water partition coefficient (Wildman–Crippen LogP) is 3.52. The summed E-state index contributed by atoms with van der Waals surface area (Å²) in [5.41, 5.74) is -0.358. The summed E-state index contributed by atoms with van der Waals surface area (Å²) in [6, 6.07) is 8.34. The van der Waals surface area contributed by atoms with Crippen LogP contribution in [0.2, 0.25) is 0 Å². The van der Waals surface area contributed by atoms with Gasteiger partial charge in [0.1, 0.15) is 0 Å². The molecule has 2 rings (SSSR count). The molecule has 0 aliphatic rings. The Morgan fingerprint density at radius 2 is 1.89 bits per heavy atom. The van der Waals surface area contributed by atoms with Gasteiger partial charge in [-0.05, 0) is 37.1 Å². The highest BCUT2D eigenvalue weighted by Crippen LogP contribution is 2.34. The fourth-order valence-corrected chi connectivity index (χ4v) is 2.53. The minimum Gasteiger partial charge on any atom is -0.334 e. The van der Waals surface area contributed by atoms with Crippen LogP contribution in [0, 0.1) is 0 Å². The van der Waals surface area contributed by atoms with Crippen molar-refractivity contribution in [2.45, 2.75) is 25.9 Å². The second-order valence-electron chi connectivity index (χ2n) is 5.86. The molecule has 0 saturated heterocycles. The van der Waals surface area contributed by atoms with Gasteiger partial charge in [0.05, 0.1) is 17.8 Å². The summed E-state index contributed by atoms with van der Waals surface area (Å²) in [6.07, 6.45) is -0.626. The third-order valence-corrected chi connectivity index (χ3v) is 3.93. The lowest BCUT2D eigenvalue weighted by Gasteiger charge is -2.21. The van der Waals surface area contributed by atoms with E-state index in [9.17, 15) is 22.8 Å². The number of pyridine rings is 1. The lowest BCUT2D eigenvalue weighted by atomic mass is 10.1. The second kappa shape index (κ2) is 9.16. The van der Waals surface area contributed by atoms with E-state index < -0.39 is 17.6 Å². The van der Waals surface area contributed by atoms with Gasteiger partial charge in [-0.25, -0.2) is 0 Å². The van der Waals surface area contributed by atoms with Gasteiger partial charge in [-0.2, -0.15) is 13.2 Å². The first-order valence-corrected chi connectivity index (χ1v) is 8.44. The number of halogens is 3. The van der Waals surface area contributed by atoms with Crippen LogP contribution in [0.3, 0.4) is 0 Å². The van der Waals surface area contributed by atoms with Crippen molar-refractivity contribution in [3.63, 3.8) is 0 Å². The molecule has 144 valence electrons. The first-order valence-electron chi connectivity index (χ1n) is 8.44. The highest BCUT2D eigenvalue weighted by Gasteiger charge is 2.33. The number of benzene rings is 1. The highest BCUT2D eigenvalue weighted by molar-refractivity contribution is 5.95. The quantitative estimate of drug-likeness (QED) is 0.801. The molecular weight excluding hydrogens is 359 g/mol. The predicted molar refractivity (Wildman–Crippen MR) is 94.9 cm³/mol. The lowest BCUT2D eigenvalue weighted by molar-refractivity contribution is -0.137. The lowest BCUT2D eigenvalue weighted by Crippen LogP contribution is -2.38. The molecular formula is C19H20F3N3O2. The average Bonchev–Trinajstić information content (AvgIpc) is 2.64. The Morgan fingerprint density at radius 3 is 2.52 bits per heavy atom. The standard InChI is InChI=1S/C19H20F3N3O2/c1-2-25(18(27)10-9-14-6-5-11-23-12-14)13-17(26)24-16-8-4-3-7-15(16)19(20,21)22/h3-8,11-12H,2,9-10,13H2,1H3,(H,24,26). The minimum atomic E-state index is -4.58. The summed E-state index contributed by atoms with van der Waals surface area (Å²) < 4.78 is 39.0. The van der Waals surface area contributed by atoms with Crippen molar-refractivity contribution < 1.29 is 22.8 Å². The number of alkyl halides is 3. The number of nitrogens with zero attached hydrogens (tertiary/aromatic N) is 2. The number of hydrogen-bond donors (Lipinski definition) is 1. The number of para-hydroxylation sites is 1. The normalized spacial score (nSPS) is 11.1. The smallest absolute Gasteiger partial charge is 0.334 e. The van der Waals surface area contributed by atoms with Crippen molar-refractivity contribution in [3.8, 4) is 0 Å². The molecule has 1 N–H and O–H groups in total. The van der Waals surface area contributed by atoms with E-state index in [1.165, 1.54) is 23.1 Å². The summed E-state index contributed by atoms with van der Waals surface area (Å²) in [6.45, 7) is 1.67. The number of likely N-dealkylation sites (N-methyl/N-ethyl adjacent to an activating group) is 1. The molecule has 8 heteroatoms. The number of rotatable bonds is 7. The Bertz CT molecular complexity index is 779. The minimum absolute atomic E-state index is 0.186. The monoisotopic (exact) mass is 379 g/mol. The Balaban J connectivity index is 1.96. The number of amides is 2. The second-order valence-corrected chi connectivity index (χ2v) is 5.86. The topological polar surface area (TPSA) is 62.3 Å². The van der Waals surface area contributed by atoms with Crippen LogP contribution in [-0.2, 0) is 22.2 Å². The molecule has 27 heavy (non-hydrogen) atoms. The van der Waals surface area contributed by atoms with Crippen molar-refractivity contribution in [3.05, 3.63) is 59.9 Å². The molecule has 1 aromatic carbocycles. The van der Waals surface area contributed by atoms with E-state index in [2.05, 4.69) is 10.3 Å². The van der Waals surface area contributed by atoms with Crippen molar-refractivity contribution in [1.29, 1.82) is 0 Å². The molecule has 1 heterocycles. The van der Waals surface area contributed by atoms with Gasteiger partial charge < -0.3 is 10.2 Å². The summed E-state index contributed by atoms with van der Waals surface area (Å²) in [7, 11) is 0. The van der Waals surface area contributed by atoms with Crippen molar-refractivity contribution in [2.24, 2.45) is 0 Å². The summed E-state index contributed by atoms with van der Waals surface area (Å²) in [4.78, 5) is 29.7. The zero-order valence-electron chi connectivity index (χ0n) is 14.8. The number of carbonyl (C=O) groups is 2. The molecule has 0 unspecified atom stereocenters. The molecule has 5 nitrogen and oxygen atoms in total. The van der Waals surface area contributed by atoms with Crippen LogP contribution >= 0.6 is 0 Å². The first-order chi connectivity index (χ1) is 12.8. The fraction of sp³-hybridized carbons (Fsp3) is 0.316. The van der Waals surface area contributed by atoms with Crippen LogP contribution in [-0.4, -0.2) is 34.8 Å². The number of aromatic nitrogens is 1. The largest absolute Gasteiger partial charge is 0.418 e. The van der Waals surface area contributed by atoms with E-state index in [0.717, 1.165) is 11.6 Å². The molecule has 0 aliphatic heterocycles. The molecule has 2 aromatic rings. The molecule has 2 amide bonds. The van der Waals surface area contributed by atoms with E-state index in [-0.39, 0.29) is 31.1 Å². The van der Waals surface area contributed by atoms with E-state index in [0.29, 0.717) is 6.42 Å². The molecule has 0 aliphatic carbocycles. The van der Waals surface area contributed by atoms with Gasteiger partial charge in [0.25, 0.3) is 0 Å². The molecule has 0 atom stereocenters. The SMILES string of the molecule is CCN(CC(=O)Nc1ccccc1C(F)(F)F)C(=O)CCc1cccnc1. The fourth-order valence-electron chi connectivity index (χ4n) is 2.53. The number of carbonyl (C=O) groups excluding carboxylic acids is 2. The van der Waals surface area contributed by atoms with Crippen LogP contribution in [0.4, 0.5) is 18.9 Å². The van der Waals surface area contributed by atoms with Crippen LogP contribution in [0.25, 0.3) is 0 Å². The van der Waals surface area contributed by atoms with Crippen LogP contribution in [0.1, 0.15) is 24.5 Å². The van der Waals surface area contributed by atoms with Gasteiger partial charge in [0.15, 0.2) is 0 Å². The Kier molecular flexibility index (Phi) is 6.92. The zero-order chi connectivity index (χ0) is 19.9. The molecule has 0 bridgehead atoms. The summed E-state index contributed by atoms with van der Waals surface area (Å²) in [5, 5.41) is 2.25. The molecule has 0 saturated carbocycles. The third-order valence-electron chi connectivity index (χ3n) is 3.93. The molecule has 0 radical (unpaired) electrons. The first kappa shape index (κ1) is 20.4. The number of aryl methyl sites for hydroxylation is 1. The Hall–Kier alpha value is -2.90. The van der Waals surface area contributed by atoms with Crippen molar-refractivity contribution >= 4 is 17.5 Å². The van der Waals surface area contributed by atoms with Gasteiger partial charge >= 0.3 is 6.18 Å². The van der Waals surface area contributed by atoms with Crippen LogP contribution in [0.5, 0.6) is 0 Å². The maximum absolute atomic E-state index is 13.0. The number of hydrogen-bond acceptors (Lipinski definition) is 3. The Morgan fingerprint density at radius 1 is 1.15 bits per heavy atom. The van der Waals surface area contributed by atoms with Gasteiger partial charge in [0.2, 0.25) is 11.8 Å². The third kappa shape index (κ3) is 6.09. The van der Waals surface area contributed by atoms with Crippen molar-refractivity contribution in [2.75, 3.05) is 18.4 Å². The maximum atomic E-state index is 13.0.